The van der Waals surface area contributed by atoms with Crippen LogP contribution in [0.4, 0.5) is 0 Å². The van der Waals surface area contributed by atoms with Gasteiger partial charge < -0.3 is 24.3 Å². The van der Waals surface area contributed by atoms with Crippen molar-refractivity contribution in [2.75, 3.05) is 13.2 Å². The molecule has 1 heterocycles. The van der Waals surface area contributed by atoms with E-state index in [1.165, 1.54) is 6.07 Å². The smallest absolute Gasteiger partial charge is 0.347 e. The quantitative estimate of drug-likeness (QED) is 0.478. The van der Waals surface area contributed by atoms with Crippen molar-refractivity contribution in [3.63, 3.8) is 0 Å². The highest BCUT2D eigenvalue weighted by atomic mass is 16.5. The minimum atomic E-state index is -0.911. The molecule has 0 spiro atoms. The number of fused-ring (bicyclic) bond motifs is 1. The molecule has 0 radical (unpaired) electrons. The Kier molecular flexibility index (Phi) is 5.64. The van der Waals surface area contributed by atoms with Crippen molar-refractivity contribution in [3.8, 4) is 23.0 Å². The lowest BCUT2D eigenvalue weighted by Gasteiger charge is -2.14. The second kappa shape index (κ2) is 8.30. The van der Waals surface area contributed by atoms with E-state index in [2.05, 4.69) is 11.6 Å². The number of esters is 1. The predicted octanol–water partition coefficient (Wildman–Crippen LogP) is 3.77. The molecule has 0 aliphatic rings. The fourth-order valence-corrected chi connectivity index (χ4v) is 2.66. The van der Waals surface area contributed by atoms with E-state index >= 15 is 0 Å². The molecule has 0 amide bonds. The summed E-state index contributed by atoms with van der Waals surface area (Å²) < 4.78 is 16.3. The highest BCUT2D eigenvalue weighted by molar-refractivity contribution is 6.01. The third-order valence-electron chi connectivity index (χ3n) is 3.85. The molecule has 1 aromatic heterocycles. The number of hydrogen-bond donors (Lipinski definition) is 2. The van der Waals surface area contributed by atoms with Crippen LogP contribution in [-0.4, -0.2) is 29.3 Å². The van der Waals surface area contributed by atoms with Gasteiger partial charge in [0.05, 0.1) is 12.1 Å². The number of aromatic nitrogens is 1. The normalized spacial score (nSPS) is 10.5. The van der Waals surface area contributed by atoms with Gasteiger partial charge in [-0.05, 0) is 25.1 Å². The molecule has 0 fully saturated rings. The molecule has 0 saturated heterocycles. The monoisotopic (exact) mass is 381 g/mol. The van der Waals surface area contributed by atoms with E-state index in [0.29, 0.717) is 11.5 Å². The van der Waals surface area contributed by atoms with Crippen LogP contribution >= 0.6 is 0 Å². The van der Waals surface area contributed by atoms with Gasteiger partial charge in [0.15, 0.2) is 5.56 Å². The minimum absolute atomic E-state index is 0.0700. The summed E-state index contributed by atoms with van der Waals surface area (Å²) in [6.07, 6.45) is 1.54. The van der Waals surface area contributed by atoms with Crippen LogP contribution in [0, 0.1) is 0 Å². The first kappa shape index (κ1) is 19.0. The minimum Gasteiger partial charge on any atom is -0.506 e. The van der Waals surface area contributed by atoms with Crippen LogP contribution in [0.25, 0.3) is 10.9 Å². The summed E-state index contributed by atoms with van der Waals surface area (Å²) in [6, 6.07) is 12.1. The van der Waals surface area contributed by atoms with Crippen molar-refractivity contribution in [2.24, 2.45) is 0 Å². The van der Waals surface area contributed by atoms with Gasteiger partial charge in [0.25, 0.3) is 5.56 Å². The number of hydrogen-bond acceptors (Lipinski definition) is 6. The van der Waals surface area contributed by atoms with Gasteiger partial charge in [-0.3, -0.25) is 4.79 Å². The molecule has 28 heavy (non-hydrogen) atoms. The summed E-state index contributed by atoms with van der Waals surface area (Å²) in [4.78, 5) is 27.0. The van der Waals surface area contributed by atoms with Crippen molar-refractivity contribution in [1.29, 1.82) is 0 Å². The van der Waals surface area contributed by atoms with Gasteiger partial charge in [-0.15, -0.1) is 0 Å². The fraction of sp³-hybridized carbons (Fsp3) is 0.143. The second-order valence-corrected chi connectivity index (χ2v) is 5.76. The van der Waals surface area contributed by atoms with Gasteiger partial charge in [-0.1, -0.05) is 30.9 Å². The first-order valence-corrected chi connectivity index (χ1v) is 8.61. The van der Waals surface area contributed by atoms with Crippen LogP contribution in [-0.2, 0) is 4.74 Å². The number of ether oxygens (including phenoxy) is 3. The van der Waals surface area contributed by atoms with Gasteiger partial charge in [0.1, 0.15) is 29.6 Å². The number of carbonyl (C=O) groups is 1. The van der Waals surface area contributed by atoms with E-state index in [4.69, 9.17) is 14.2 Å². The van der Waals surface area contributed by atoms with E-state index in [9.17, 15) is 14.7 Å². The number of nitrogens with one attached hydrogen (secondary N) is 1. The number of pyridine rings is 1. The Hall–Kier alpha value is -3.74. The number of rotatable bonds is 7. The van der Waals surface area contributed by atoms with Crippen molar-refractivity contribution < 1.29 is 24.1 Å². The second-order valence-electron chi connectivity index (χ2n) is 5.76. The van der Waals surface area contributed by atoms with E-state index < -0.39 is 22.8 Å². The van der Waals surface area contributed by atoms with Gasteiger partial charge in [0.2, 0.25) is 0 Å². The number of H-pyrrole nitrogens is 1. The van der Waals surface area contributed by atoms with E-state index in [1.54, 1.807) is 31.2 Å². The molecule has 7 heteroatoms. The zero-order valence-corrected chi connectivity index (χ0v) is 15.2. The summed E-state index contributed by atoms with van der Waals surface area (Å²) in [5.41, 5.74) is -1.01. The Morgan fingerprint density at radius 1 is 1.21 bits per heavy atom. The van der Waals surface area contributed by atoms with Crippen molar-refractivity contribution in [3.05, 3.63) is 71.0 Å². The Balaban J connectivity index is 2.19. The standard InChI is InChI=1S/C21H19NO6/c1-3-10-27-16-12-14(28-13-8-6-5-7-9-13)11-15-18(16)22-20(24)17(19(15)23)21(25)26-4-2/h3,5-9,11-12H,1,4,10H2,2H3,(H2,22,23,24). The fourth-order valence-electron chi connectivity index (χ4n) is 2.66. The number of benzene rings is 2. The van der Waals surface area contributed by atoms with E-state index in [-0.39, 0.29) is 29.9 Å². The Morgan fingerprint density at radius 2 is 1.96 bits per heavy atom. The van der Waals surface area contributed by atoms with Crippen LogP contribution in [0.3, 0.4) is 0 Å². The largest absolute Gasteiger partial charge is 0.506 e. The molecule has 7 nitrogen and oxygen atoms in total. The van der Waals surface area contributed by atoms with Crippen molar-refractivity contribution in [1.82, 2.24) is 4.98 Å². The molecule has 0 saturated carbocycles. The summed E-state index contributed by atoms with van der Waals surface area (Å²) in [6.45, 7) is 5.45. The van der Waals surface area contributed by atoms with Gasteiger partial charge in [0, 0.05) is 11.5 Å². The SMILES string of the molecule is C=CCOc1cc(Oc2ccccc2)cc2c(O)c(C(=O)OCC)c(=O)[nH]c12. The predicted molar refractivity (Wildman–Crippen MR) is 104 cm³/mol. The molecule has 2 N–H and O–H groups in total. The highest BCUT2D eigenvalue weighted by Crippen LogP contribution is 2.37. The number of carbonyl (C=O) groups excluding carboxylic acids is 1. The third kappa shape index (κ3) is 3.83. The van der Waals surface area contributed by atoms with Crippen LogP contribution in [0.15, 0.2) is 59.9 Å². The first-order valence-electron chi connectivity index (χ1n) is 8.61. The van der Waals surface area contributed by atoms with Gasteiger partial charge in [-0.2, -0.15) is 0 Å². The molecule has 3 rings (SSSR count). The van der Waals surface area contributed by atoms with Crippen LogP contribution in [0.5, 0.6) is 23.0 Å². The summed E-state index contributed by atoms with van der Waals surface area (Å²) in [5.74, 6) is -0.211. The molecule has 0 aliphatic carbocycles. The number of aromatic amines is 1. The molecule has 144 valence electrons. The molecule has 0 aliphatic heterocycles. The van der Waals surface area contributed by atoms with E-state index in [1.807, 2.05) is 18.2 Å². The maximum atomic E-state index is 12.3. The Bertz CT molecular complexity index is 1070. The number of aromatic hydroxyl groups is 1. The first-order chi connectivity index (χ1) is 13.5. The topological polar surface area (TPSA) is 97.8 Å². The lowest BCUT2D eigenvalue weighted by atomic mass is 10.1. The summed E-state index contributed by atoms with van der Waals surface area (Å²) in [7, 11) is 0. The lowest BCUT2D eigenvalue weighted by molar-refractivity contribution is 0.0521. The van der Waals surface area contributed by atoms with E-state index in [0.717, 1.165) is 0 Å². The van der Waals surface area contributed by atoms with Gasteiger partial charge in [-0.25, -0.2) is 4.79 Å². The molecular formula is C21H19NO6. The zero-order chi connectivity index (χ0) is 20.1. The van der Waals surface area contributed by atoms with Crippen LogP contribution in [0.1, 0.15) is 17.3 Å². The average Bonchev–Trinajstić information content (AvgIpc) is 2.68. The molecular weight excluding hydrogens is 362 g/mol. The summed E-state index contributed by atoms with van der Waals surface area (Å²) in [5, 5.41) is 10.8. The molecule has 2 aromatic carbocycles. The van der Waals surface area contributed by atoms with Gasteiger partial charge >= 0.3 is 5.97 Å². The maximum absolute atomic E-state index is 12.3. The molecule has 3 aromatic rings. The van der Waals surface area contributed by atoms with Crippen molar-refractivity contribution >= 4 is 16.9 Å². The maximum Gasteiger partial charge on any atom is 0.347 e. The number of para-hydroxylation sites is 1. The molecule has 0 unspecified atom stereocenters. The van der Waals surface area contributed by atoms with Crippen molar-refractivity contribution in [2.45, 2.75) is 6.92 Å². The summed E-state index contributed by atoms with van der Waals surface area (Å²) >= 11 is 0. The highest BCUT2D eigenvalue weighted by Gasteiger charge is 2.22. The molecule has 0 bridgehead atoms. The lowest BCUT2D eigenvalue weighted by Crippen LogP contribution is -2.20. The zero-order valence-electron chi connectivity index (χ0n) is 15.2. The average molecular weight is 381 g/mol. The van der Waals surface area contributed by atoms with Crippen LogP contribution in [0.2, 0.25) is 0 Å². The molecule has 0 atom stereocenters. The Labute approximate surface area is 160 Å². The Morgan fingerprint density at radius 3 is 2.64 bits per heavy atom. The van der Waals surface area contributed by atoms with Crippen LogP contribution < -0.4 is 15.0 Å². The third-order valence-corrected chi connectivity index (χ3v) is 3.85.